The van der Waals surface area contributed by atoms with Crippen LogP contribution in [0.2, 0.25) is 5.02 Å². The Labute approximate surface area is 189 Å². The van der Waals surface area contributed by atoms with Crippen molar-refractivity contribution in [2.45, 2.75) is 9.79 Å². The van der Waals surface area contributed by atoms with E-state index in [0.29, 0.717) is 17.3 Å². The lowest BCUT2D eigenvalue weighted by molar-refractivity contribution is -0.385. The second kappa shape index (κ2) is 10.3. The van der Waals surface area contributed by atoms with Gasteiger partial charge < -0.3 is 10.2 Å². The van der Waals surface area contributed by atoms with Crippen molar-refractivity contribution in [1.29, 1.82) is 0 Å². The van der Waals surface area contributed by atoms with Gasteiger partial charge in [0.15, 0.2) is 0 Å². The largest absolute Gasteiger partial charge is 0.337 e. The number of halogens is 1. The highest BCUT2D eigenvalue weighted by molar-refractivity contribution is 7.99. The topological polar surface area (TPSA) is 113 Å². The zero-order chi connectivity index (χ0) is 22.4. The van der Waals surface area contributed by atoms with Crippen LogP contribution in [-0.2, 0) is 10.0 Å². The SMILES string of the molecule is O=C(NCCSc1ccc(Cl)cc1)N1CCN(S(=O)(=O)c2cccc([N+](=O)[O-])c2)CC1. The third kappa shape index (κ3) is 6.10. The molecule has 1 fully saturated rings. The summed E-state index contributed by atoms with van der Waals surface area (Å²) >= 11 is 7.45. The minimum atomic E-state index is -3.86. The average Bonchev–Trinajstić information content (AvgIpc) is 2.78. The molecule has 0 saturated carbocycles. The van der Waals surface area contributed by atoms with Crippen LogP contribution in [0.15, 0.2) is 58.3 Å². The van der Waals surface area contributed by atoms with Gasteiger partial charge in [-0.3, -0.25) is 10.1 Å². The van der Waals surface area contributed by atoms with E-state index in [-0.39, 0.29) is 42.8 Å². The summed E-state index contributed by atoms with van der Waals surface area (Å²) in [6, 6.07) is 12.2. The van der Waals surface area contributed by atoms with E-state index in [1.54, 1.807) is 16.7 Å². The van der Waals surface area contributed by atoms with Gasteiger partial charge in [0.25, 0.3) is 5.69 Å². The van der Waals surface area contributed by atoms with E-state index in [1.165, 1.54) is 22.5 Å². The third-order valence-electron chi connectivity index (χ3n) is 4.65. The molecular formula is C19H21ClN4O5S2. The highest BCUT2D eigenvalue weighted by Gasteiger charge is 2.30. The first-order chi connectivity index (χ1) is 14.8. The maximum atomic E-state index is 12.8. The zero-order valence-corrected chi connectivity index (χ0v) is 18.8. The van der Waals surface area contributed by atoms with E-state index in [0.717, 1.165) is 11.0 Å². The molecule has 2 aromatic rings. The number of hydrogen-bond acceptors (Lipinski definition) is 6. The van der Waals surface area contributed by atoms with Crippen molar-refractivity contribution in [2.75, 3.05) is 38.5 Å². The van der Waals surface area contributed by atoms with Gasteiger partial charge in [0.2, 0.25) is 10.0 Å². The molecule has 1 saturated heterocycles. The number of nitrogens with zero attached hydrogens (tertiary/aromatic N) is 3. The smallest absolute Gasteiger partial charge is 0.317 e. The molecule has 9 nitrogen and oxygen atoms in total. The van der Waals surface area contributed by atoms with Crippen LogP contribution in [0.5, 0.6) is 0 Å². The highest BCUT2D eigenvalue weighted by Crippen LogP contribution is 2.22. The molecular weight excluding hydrogens is 464 g/mol. The second-order valence-corrected chi connectivity index (χ2v) is 10.2. The quantitative estimate of drug-likeness (QED) is 0.279. The maximum Gasteiger partial charge on any atom is 0.317 e. The molecule has 0 atom stereocenters. The summed E-state index contributed by atoms with van der Waals surface area (Å²) in [5.41, 5.74) is -0.282. The number of nitro groups is 1. The summed E-state index contributed by atoms with van der Waals surface area (Å²) in [5, 5.41) is 14.4. The van der Waals surface area contributed by atoms with Crippen molar-refractivity contribution in [3.8, 4) is 0 Å². The molecule has 2 aromatic carbocycles. The Morgan fingerprint density at radius 3 is 2.45 bits per heavy atom. The fourth-order valence-electron chi connectivity index (χ4n) is 3.01. The molecule has 0 bridgehead atoms. The van der Waals surface area contributed by atoms with Gasteiger partial charge in [0.05, 0.1) is 9.82 Å². The van der Waals surface area contributed by atoms with Crippen molar-refractivity contribution in [3.63, 3.8) is 0 Å². The van der Waals surface area contributed by atoms with Crippen molar-refractivity contribution in [3.05, 3.63) is 63.7 Å². The first kappa shape index (κ1) is 23.3. The van der Waals surface area contributed by atoms with Gasteiger partial charge in [-0.1, -0.05) is 17.7 Å². The summed E-state index contributed by atoms with van der Waals surface area (Å²) in [5.74, 6) is 0.689. The van der Waals surface area contributed by atoms with E-state index in [1.807, 2.05) is 24.3 Å². The van der Waals surface area contributed by atoms with Crippen LogP contribution < -0.4 is 5.32 Å². The van der Waals surface area contributed by atoms with Gasteiger partial charge in [0, 0.05) is 60.5 Å². The lowest BCUT2D eigenvalue weighted by atomic mass is 10.3. The number of non-ortho nitro benzene ring substituents is 1. The number of urea groups is 1. The summed E-state index contributed by atoms with van der Waals surface area (Å²) in [6.45, 7) is 1.20. The van der Waals surface area contributed by atoms with Crippen molar-refractivity contribution in [1.82, 2.24) is 14.5 Å². The summed E-state index contributed by atoms with van der Waals surface area (Å²) in [4.78, 5) is 25.1. The normalized spacial score (nSPS) is 14.9. The molecule has 0 spiro atoms. The van der Waals surface area contributed by atoms with Crippen LogP contribution in [0, 0.1) is 10.1 Å². The maximum absolute atomic E-state index is 12.8. The molecule has 166 valence electrons. The lowest BCUT2D eigenvalue weighted by Gasteiger charge is -2.33. The Morgan fingerprint density at radius 2 is 1.81 bits per heavy atom. The number of hydrogen-bond donors (Lipinski definition) is 1. The molecule has 1 heterocycles. The van der Waals surface area contributed by atoms with E-state index in [2.05, 4.69) is 5.32 Å². The monoisotopic (exact) mass is 484 g/mol. The summed E-state index contributed by atoms with van der Waals surface area (Å²) in [7, 11) is -3.86. The molecule has 3 rings (SSSR count). The number of amides is 2. The molecule has 1 aliphatic heterocycles. The Balaban J connectivity index is 1.47. The van der Waals surface area contributed by atoms with Crippen molar-refractivity contribution in [2.24, 2.45) is 0 Å². The molecule has 0 unspecified atom stereocenters. The number of thioether (sulfide) groups is 1. The van der Waals surface area contributed by atoms with Crippen LogP contribution in [0.1, 0.15) is 0 Å². The number of sulfonamides is 1. The number of carbonyl (C=O) groups excluding carboxylic acids is 1. The van der Waals surface area contributed by atoms with Gasteiger partial charge >= 0.3 is 6.03 Å². The molecule has 0 radical (unpaired) electrons. The van der Waals surface area contributed by atoms with Crippen LogP contribution in [0.3, 0.4) is 0 Å². The number of nitrogens with one attached hydrogen (secondary N) is 1. The molecule has 0 aromatic heterocycles. The number of rotatable bonds is 7. The van der Waals surface area contributed by atoms with Crippen molar-refractivity contribution < 1.29 is 18.1 Å². The fourth-order valence-corrected chi connectivity index (χ4v) is 5.36. The van der Waals surface area contributed by atoms with E-state index in [9.17, 15) is 23.3 Å². The first-order valence-corrected chi connectivity index (χ1v) is 12.2. The average molecular weight is 485 g/mol. The van der Waals surface area contributed by atoms with E-state index >= 15 is 0 Å². The zero-order valence-electron chi connectivity index (χ0n) is 16.4. The molecule has 12 heteroatoms. The molecule has 1 N–H and O–H groups in total. The van der Waals surface area contributed by atoms with Gasteiger partial charge in [-0.25, -0.2) is 13.2 Å². The summed E-state index contributed by atoms with van der Waals surface area (Å²) < 4.78 is 26.8. The Morgan fingerprint density at radius 1 is 1.13 bits per heavy atom. The fraction of sp³-hybridized carbons (Fsp3) is 0.316. The first-order valence-electron chi connectivity index (χ1n) is 9.43. The van der Waals surface area contributed by atoms with Crippen LogP contribution >= 0.6 is 23.4 Å². The van der Waals surface area contributed by atoms with Crippen LogP contribution in [0.25, 0.3) is 0 Å². The van der Waals surface area contributed by atoms with Gasteiger partial charge in [0.1, 0.15) is 0 Å². The minimum absolute atomic E-state index is 0.123. The number of piperazine rings is 1. The Hall–Kier alpha value is -2.34. The van der Waals surface area contributed by atoms with Gasteiger partial charge in [-0.2, -0.15) is 4.31 Å². The predicted octanol–water partition coefficient (Wildman–Crippen LogP) is 3.06. The highest BCUT2D eigenvalue weighted by atomic mass is 35.5. The predicted molar refractivity (Wildman–Crippen MR) is 119 cm³/mol. The number of carbonyl (C=O) groups is 1. The Kier molecular flexibility index (Phi) is 7.76. The molecule has 1 aliphatic rings. The second-order valence-electron chi connectivity index (χ2n) is 6.68. The molecule has 31 heavy (non-hydrogen) atoms. The van der Waals surface area contributed by atoms with Crippen molar-refractivity contribution >= 4 is 45.1 Å². The molecule has 0 aliphatic carbocycles. The van der Waals surface area contributed by atoms with Crippen LogP contribution in [-0.4, -0.2) is 67.1 Å². The van der Waals surface area contributed by atoms with Gasteiger partial charge in [-0.15, -0.1) is 11.8 Å². The van der Waals surface area contributed by atoms with Crippen LogP contribution in [0.4, 0.5) is 10.5 Å². The Bertz CT molecular complexity index is 1040. The summed E-state index contributed by atoms with van der Waals surface area (Å²) in [6.07, 6.45) is 0. The molecule has 2 amide bonds. The number of nitro benzene ring substituents is 1. The minimum Gasteiger partial charge on any atom is -0.337 e. The third-order valence-corrected chi connectivity index (χ3v) is 7.81. The lowest BCUT2D eigenvalue weighted by Crippen LogP contribution is -2.53. The van der Waals surface area contributed by atoms with Gasteiger partial charge in [-0.05, 0) is 30.3 Å². The standard InChI is InChI=1S/C19H21ClN4O5S2/c20-15-4-6-17(7-5-15)30-13-8-21-19(25)22-9-11-23(12-10-22)31(28,29)18-3-1-2-16(14-18)24(26)27/h1-7,14H,8-13H2,(H,21,25). The number of benzene rings is 2. The van der Waals surface area contributed by atoms with E-state index < -0.39 is 14.9 Å². The van der Waals surface area contributed by atoms with E-state index in [4.69, 9.17) is 11.6 Å².